The summed E-state index contributed by atoms with van der Waals surface area (Å²) in [6.07, 6.45) is 5.67. The van der Waals surface area contributed by atoms with E-state index in [9.17, 15) is 9.59 Å². The van der Waals surface area contributed by atoms with Gasteiger partial charge >= 0.3 is 5.97 Å². The molecular formula is C34H37BrN2O5. The predicted molar refractivity (Wildman–Crippen MR) is 166 cm³/mol. The Kier molecular flexibility index (Phi) is 9.02. The second-order valence-electron chi connectivity index (χ2n) is 12.0. The van der Waals surface area contributed by atoms with Gasteiger partial charge in [-0.1, -0.05) is 64.7 Å². The van der Waals surface area contributed by atoms with Crippen molar-refractivity contribution in [1.29, 1.82) is 0 Å². The third-order valence-corrected chi connectivity index (χ3v) is 8.28. The van der Waals surface area contributed by atoms with Crippen LogP contribution in [0, 0.1) is 5.92 Å². The zero-order valence-corrected chi connectivity index (χ0v) is 26.1. The molecule has 2 aromatic carbocycles. The van der Waals surface area contributed by atoms with Crippen molar-refractivity contribution >= 4 is 38.6 Å². The van der Waals surface area contributed by atoms with E-state index in [2.05, 4.69) is 54.2 Å². The lowest BCUT2D eigenvalue weighted by atomic mass is 9.87. The number of hydrogen-bond donors (Lipinski definition) is 1. The average molecular weight is 634 g/mol. The fourth-order valence-corrected chi connectivity index (χ4v) is 5.85. The van der Waals surface area contributed by atoms with E-state index in [0.717, 1.165) is 41.5 Å². The minimum atomic E-state index is -0.920. The standard InChI is InChI=1S/C34H37BrN2O5/c1-34(2,3)23-10-13-24(14-11-23)41-25-12-9-22-18-29(36-28(27(22)19-25)17-21-7-5-6-8-21)32(38)37-30(33(39)40-4)20-26-15-16-31(35)42-26/h9-16,18-19,21,30H,5-8,17,20H2,1-4H3,(H,37,38). The van der Waals surface area contributed by atoms with Crippen molar-refractivity contribution in [1.82, 2.24) is 10.3 Å². The number of esters is 1. The number of hydrogen-bond acceptors (Lipinski definition) is 6. The van der Waals surface area contributed by atoms with E-state index in [-0.39, 0.29) is 17.5 Å². The molecule has 5 rings (SSSR count). The number of pyridine rings is 1. The number of benzene rings is 2. The molecule has 0 bridgehead atoms. The summed E-state index contributed by atoms with van der Waals surface area (Å²) < 4.78 is 17.3. The molecule has 7 nitrogen and oxygen atoms in total. The Morgan fingerprint density at radius 1 is 1.02 bits per heavy atom. The first-order valence-corrected chi connectivity index (χ1v) is 15.2. The van der Waals surface area contributed by atoms with Crippen molar-refractivity contribution in [3.8, 4) is 11.5 Å². The van der Waals surface area contributed by atoms with Crippen LogP contribution in [0.1, 0.15) is 74.0 Å². The van der Waals surface area contributed by atoms with Gasteiger partial charge in [0.1, 0.15) is 29.0 Å². The van der Waals surface area contributed by atoms with Crippen LogP contribution in [0.4, 0.5) is 0 Å². The van der Waals surface area contributed by atoms with Crippen molar-refractivity contribution in [3.05, 3.63) is 88.0 Å². The Bertz CT molecular complexity index is 1570. The van der Waals surface area contributed by atoms with Gasteiger partial charge in [0.2, 0.25) is 0 Å². The Morgan fingerprint density at radius 3 is 2.38 bits per heavy atom. The van der Waals surface area contributed by atoms with Crippen molar-refractivity contribution in [3.63, 3.8) is 0 Å². The molecule has 1 amide bonds. The highest BCUT2D eigenvalue weighted by atomic mass is 79.9. The summed E-state index contributed by atoms with van der Waals surface area (Å²) in [5.74, 6) is 1.56. The van der Waals surface area contributed by atoms with Crippen molar-refractivity contribution < 1.29 is 23.5 Å². The predicted octanol–water partition coefficient (Wildman–Crippen LogP) is 7.93. The molecule has 1 aliphatic carbocycles. The van der Waals surface area contributed by atoms with Gasteiger partial charge in [0, 0.05) is 17.5 Å². The van der Waals surface area contributed by atoms with Crippen molar-refractivity contribution in [2.45, 2.75) is 70.8 Å². The number of carbonyl (C=O) groups excluding carboxylic acids is 2. The lowest BCUT2D eigenvalue weighted by Gasteiger charge is -2.19. The van der Waals surface area contributed by atoms with Crippen LogP contribution in [-0.2, 0) is 27.8 Å². The van der Waals surface area contributed by atoms with Crippen LogP contribution in [0.2, 0.25) is 0 Å². The molecule has 2 aromatic heterocycles. The molecule has 1 N–H and O–H groups in total. The van der Waals surface area contributed by atoms with Crippen LogP contribution in [0.15, 0.2) is 69.8 Å². The van der Waals surface area contributed by atoms with Gasteiger partial charge in [0.25, 0.3) is 5.91 Å². The van der Waals surface area contributed by atoms with Crippen molar-refractivity contribution in [2.75, 3.05) is 7.11 Å². The maximum Gasteiger partial charge on any atom is 0.328 e. The van der Waals surface area contributed by atoms with E-state index in [4.69, 9.17) is 18.9 Å². The fourth-order valence-electron chi connectivity index (χ4n) is 5.51. The smallest absolute Gasteiger partial charge is 0.328 e. The molecule has 42 heavy (non-hydrogen) atoms. The van der Waals surface area contributed by atoms with Crippen LogP contribution in [0.5, 0.6) is 11.5 Å². The summed E-state index contributed by atoms with van der Waals surface area (Å²) in [6.45, 7) is 6.56. The third-order valence-electron chi connectivity index (χ3n) is 7.85. The number of nitrogens with zero attached hydrogens (tertiary/aromatic N) is 1. The number of carbonyl (C=O) groups is 2. The highest BCUT2D eigenvalue weighted by Crippen LogP contribution is 2.33. The molecule has 220 valence electrons. The van der Waals surface area contributed by atoms with Crippen LogP contribution >= 0.6 is 15.9 Å². The lowest BCUT2D eigenvalue weighted by Crippen LogP contribution is -2.43. The molecule has 1 aliphatic rings. The zero-order valence-electron chi connectivity index (χ0n) is 24.5. The maximum absolute atomic E-state index is 13.5. The summed E-state index contributed by atoms with van der Waals surface area (Å²) in [7, 11) is 1.30. The third kappa shape index (κ3) is 7.21. The molecular weight excluding hydrogens is 596 g/mol. The highest BCUT2D eigenvalue weighted by molar-refractivity contribution is 9.10. The van der Waals surface area contributed by atoms with Crippen molar-refractivity contribution in [2.24, 2.45) is 5.92 Å². The van der Waals surface area contributed by atoms with Gasteiger partial charge in [-0.15, -0.1) is 0 Å². The molecule has 1 saturated carbocycles. The number of rotatable bonds is 9. The molecule has 1 atom stereocenters. The van der Waals surface area contributed by atoms with Gasteiger partial charge in [0.15, 0.2) is 4.67 Å². The van der Waals surface area contributed by atoms with Gasteiger partial charge in [-0.25, -0.2) is 9.78 Å². The molecule has 0 spiro atoms. The van der Waals surface area contributed by atoms with E-state index < -0.39 is 17.9 Å². The van der Waals surface area contributed by atoms with Gasteiger partial charge in [-0.2, -0.15) is 0 Å². The average Bonchev–Trinajstić information content (AvgIpc) is 3.63. The van der Waals surface area contributed by atoms with Gasteiger partial charge in [0.05, 0.1) is 7.11 Å². The number of amides is 1. The normalized spacial score (nSPS) is 14.6. The van der Waals surface area contributed by atoms with Gasteiger partial charge in [-0.3, -0.25) is 4.79 Å². The van der Waals surface area contributed by atoms with E-state index in [0.29, 0.717) is 22.1 Å². The summed E-state index contributed by atoms with van der Waals surface area (Å²) >= 11 is 3.27. The monoisotopic (exact) mass is 632 g/mol. The van der Waals surface area contributed by atoms with Crippen LogP contribution in [0.3, 0.4) is 0 Å². The summed E-state index contributed by atoms with van der Waals surface area (Å²) in [6, 6.07) is 18.4. The second kappa shape index (κ2) is 12.7. The topological polar surface area (TPSA) is 90.7 Å². The molecule has 0 aliphatic heterocycles. The highest BCUT2D eigenvalue weighted by Gasteiger charge is 2.26. The SMILES string of the molecule is COC(=O)C(Cc1ccc(Br)o1)NC(=O)c1cc2ccc(Oc3ccc(C(C)(C)C)cc3)cc2c(CC2CCCC2)n1. The first-order valence-electron chi connectivity index (χ1n) is 14.4. The Morgan fingerprint density at radius 2 is 1.74 bits per heavy atom. The Balaban J connectivity index is 1.43. The maximum atomic E-state index is 13.5. The largest absolute Gasteiger partial charge is 0.467 e. The number of methoxy groups -OCH3 is 1. The lowest BCUT2D eigenvalue weighted by molar-refractivity contribution is -0.142. The van der Waals surface area contributed by atoms with E-state index in [1.807, 2.05) is 30.3 Å². The number of furan rings is 1. The first kappa shape index (κ1) is 29.8. The number of halogens is 1. The minimum absolute atomic E-state index is 0.0685. The summed E-state index contributed by atoms with van der Waals surface area (Å²) in [5.41, 5.74) is 2.44. The van der Waals surface area contributed by atoms with Crippen LogP contribution < -0.4 is 10.1 Å². The Labute approximate surface area is 255 Å². The number of fused-ring (bicyclic) bond motifs is 1. The van der Waals surface area contributed by atoms with Gasteiger partial charge in [-0.05, 0) is 87.1 Å². The number of aromatic nitrogens is 1. The zero-order chi connectivity index (χ0) is 29.9. The quantitative estimate of drug-likeness (QED) is 0.188. The van der Waals surface area contributed by atoms with Crippen LogP contribution in [-0.4, -0.2) is 30.0 Å². The van der Waals surface area contributed by atoms with Gasteiger partial charge < -0.3 is 19.2 Å². The van der Waals surface area contributed by atoms with E-state index in [1.165, 1.54) is 25.5 Å². The molecule has 2 heterocycles. The molecule has 4 aromatic rings. The second-order valence-corrected chi connectivity index (χ2v) is 12.8. The number of nitrogens with one attached hydrogen (secondary N) is 1. The molecule has 1 fully saturated rings. The Hall–Kier alpha value is -3.65. The van der Waals surface area contributed by atoms with E-state index >= 15 is 0 Å². The molecule has 0 radical (unpaired) electrons. The van der Waals surface area contributed by atoms with Crippen LogP contribution in [0.25, 0.3) is 10.8 Å². The first-order chi connectivity index (χ1) is 20.1. The minimum Gasteiger partial charge on any atom is -0.467 e. The summed E-state index contributed by atoms with van der Waals surface area (Å²) in [4.78, 5) is 30.8. The fraction of sp³-hybridized carbons (Fsp3) is 0.382. The molecule has 0 saturated heterocycles. The summed E-state index contributed by atoms with van der Waals surface area (Å²) in [5, 5.41) is 4.67. The molecule has 8 heteroatoms. The van der Waals surface area contributed by atoms with E-state index in [1.54, 1.807) is 18.2 Å². The number of ether oxygens (including phenoxy) is 2. The molecule has 1 unspecified atom stereocenters.